The number of hydrogen-bond acceptors (Lipinski definition) is 7. The first-order valence-corrected chi connectivity index (χ1v) is 31.8. The molecule has 0 aromatic heterocycles. The van der Waals surface area contributed by atoms with Crippen LogP contribution in [0, 0.1) is 6.92 Å². The van der Waals surface area contributed by atoms with Crippen LogP contribution in [0.2, 0.25) is 0 Å². The van der Waals surface area contributed by atoms with E-state index < -0.39 is 10.1 Å². The van der Waals surface area contributed by atoms with Gasteiger partial charge in [-0.25, -0.2) is 18.4 Å². The third-order valence-electron chi connectivity index (χ3n) is 15.8. The van der Waals surface area contributed by atoms with Crippen molar-refractivity contribution in [3.05, 3.63) is 256 Å². The lowest BCUT2D eigenvalue weighted by Gasteiger charge is -2.24. The van der Waals surface area contributed by atoms with Gasteiger partial charge in [-0.3, -0.25) is 0 Å². The van der Waals surface area contributed by atoms with Gasteiger partial charge in [0, 0.05) is 80.7 Å². The van der Waals surface area contributed by atoms with Gasteiger partial charge in [0.1, 0.15) is 23.2 Å². The number of nitrogens with zero attached hydrogens (tertiary/aromatic N) is 3. The molecule has 0 aliphatic heterocycles. The maximum atomic E-state index is 10.8. The molecule has 0 unspecified atom stereocenters. The molecule has 0 bridgehead atoms. The second-order valence-corrected chi connectivity index (χ2v) is 22.3. The summed E-state index contributed by atoms with van der Waals surface area (Å²) in [5.74, 6) is 0. The fourth-order valence-corrected chi connectivity index (χ4v) is 11.9. The van der Waals surface area contributed by atoms with Crippen molar-refractivity contribution >= 4 is 77.4 Å². The summed E-state index contributed by atoms with van der Waals surface area (Å²) in [4.78, 5) is 14.1. The van der Waals surface area contributed by atoms with Crippen LogP contribution < -0.4 is 30.0 Å². The molecule has 438 valence electrons. The van der Waals surface area contributed by atoms with Crippen LogP contribution in [-0.4, -0.2) is 83.3 Å². The molecule has 9 nitrogen and oxygen atoms in total. The summed E-state index contributed by atoms with van der Waals surface area (Å²) < 4.78 is 32.4. The average molecular weight is 1150 g/mol. The zero-order valence-corrected chi connectivity index (χ0v) is 52.3. The van der Waals surface area contributed by atoms with Crippen LogP contribution in [0.5, 0.6) is 0 Å². The van der Waals surface area contributed by atoms with E-state index in [1.807, 2.05) is 19.1 Å². The van der Waals surface area contributed by atoms with Gasteiger partial charge in [0.15, 0.2) is 0 Å². The molecule has 3 N–H and O–H groups in total. The van der Waals surface area contributed by atoms with Crippen LogP contribution in [-0.2, 0) is 10.1 Å². The highest BCUT2D eigenvalue weighted by Crippen LogP contribution is 2.40. The number of rotatable bonds is 18. The third-order valence-corrected chi connectivity index (χ3v) is 16.6. The number of hydrogen-bond donors (Lipinski definition) is 3. The Bertz CT molecular complexity index is 3790. The molecule has 0 fully saturated rings. The fraction of sp³-hybridized carbons (Fsp3) is 0.253. The van der Waals surface area contributed by atoms with Crippen LogP contribution in [0.4, 0.5) is 22.7 Å². The van der Waals surface area contributed by atoms with Gasteiger partial charge in [0.05, 0.1) is 16.0 Å². The minimum atomic E-state index is -4.35. The van der Waals surface area contributed by atoms with Gasteiger partial charge in [0.2, 0.25) is 11.4 Å². The lowest BCUT2D eigenvalue weighted by atomic mass is 9.83. The smallest absolute Gasteiger partial charge is 0.206 e. The van der Waals surface area contributed by atoms with E-state index >= 15 is 0 Å². The van der Waals surface area contributed by atoms with Crippen molar-refractivity contribution in [3.8, 4) is 0 Å². The molecule has 8 aromatic rings. The van der Waals surface area contributed by atoms with E-state index in [9.17, 15) is 13.0 Å². The molecule has 0 heterocycles. The molecule has 0 saturated heterocycles. The summed E-state index contributed by atoms with van der Waals surface area (Å²) in [5.41, 5.74) is 23.4. The zero-order chi connectivity index (χ0) is 60.5. The largest absolute Gasteiger partial charge is 0.744 e. The molecule has 0 radical (unpaired) electrons. The Morgan fingerprint density at radius 1 is 0.424 bits per heavy atom. The van der Waals surface area contributed by atoms with Crippen LogP contribution in [0.3, 0.4) is 0 Å². The Morgan fingerprint density at radius 2 is 0.776 bits per heavy atom. The zero-order valence-electron chi connectivity index (χ0n) is 51.5. The number of allylic oxidation sites excluding steroid dienone is 6. The number of fused-ring (bicyclic) bond motifs is 3. The number of anilines is 4. The molecule has 2 aliphatic rings. The first-order valence-electron chi connectivity index (χ1n) is 30.4. The summed E-state index contributed by atoms with van der Waals surface area (Å²) in [6.07, 6.45) is 9.01. The molecule has 10 heteroatoms. The molecule has 2 aliphatic carbocycles. The quantitative estimate of drug-likeness (QED) is 0.0735. The van der Waals surface area contributed by atoms with E-state index in [1.165, 1.54) is 107 Å². The van der Waals surface area contributed by atoms with E-state index in [4.69, 9.17) is 0 Å². The average Bonchev–Trinajstić information content (AvgIpc) is 3.69. The Kier molecular flexibility index (Phi) is 21.9. The minimum absolute atomic E-state index is 0.182. The summed E-state index contributed by atoms with van der Waals surface area (Å²) in [6, 6.07) is 63.6. The maximum absolute atomic E-state index is 10.8. The van der Waals surface area contributed by atoms with E-state index in [1.54, 1.807) is 12.1 Å². The van der Waals surface area contributed by atoms with Crippen molar-refractivity contribution in [1.29, 1.82) is 0 Å². The Balaban J connectivity index is 0.000000179. The SMILES string of the molecule is CCNc1ccc(C(=C2C=CC(=[NH+]CC)c3ccccc32)c2ccc(N(CC)CC)cc2)cc1.CC[NH+]=C1C=CC(=C(c2ccc(N(CC)CC)cc2)c2ccc(N(CC)CC)cc2)c2ccccc21.Cc1ccc2cc(S(=O)(=O)[O-])ccc2c1. The predicted molar refractivity (Wildman–Crippen MR) is 361 cm³/mol. The Labute approximate surface area is 507 Å². The van der Waals surface area contributed by atoms with Crippen molar-refractivity contribution in [1.82, 2.24) is 0 Å². The van der Waals surface area contributed by atoms with E-state index in [0.29, 0.717) is 0 Å². The summed E-state index contributed by atoms with van der Waals surface area (Å²) in [5, 5.41) is 5.11. The predicted octanol–water partition coefficient (Wildman–Crippen LogP) is 13.2. The van der Waals surface area contributed by atoms with Crippen LogP contribution in [0.15, 0.2) is 211 Å². The van der Waals surface area contributed by atoms with Crippen LogP contribution in [0.1, 0.15) is 112 Å². The van der Waals surface area contributed by atoms with Crippen molar-refractivity contribution in [3.63, 3.8) is 0 Å². The number of aryl methyl sites for hydroxylation is 1. The van der Waals surface area contributed by atoms with E-state index in [-0.39, 0.29) is 4.90 Å². The molecular weight excluding hydrogens is 1060 g/mol. The van der Waals surface area contributed by atoms with Crippen molar-refractivity contribution in [2.24, 2.45) is 0 Å². The monoisotopic (exact) mass is 1150 g/mol. The van der Waals surface area contributed by atoms with Crippen molar-refractivity contribution < 1.29 is 23.0 Å². The second-order valence-electron chi connectivity index (χ2n) is 21.0. The molecule has 0 amide bonds. The Morgan fingerprint density at radius 3 is 1.13 bits per heavy atom. The summed E-state index contributed by atoms with van der Waals surface area (Å²) >= 11 is 0. The normalized spacial score (nSPS) is 13.9. The fourth-order valence-electron chi connectivity index (χ4n) is 11.4. The van der Waals surface area contributed by atoms with Crippen LogP contribution in [0.25, 0.3) is 33.1 Å². The van der Waals surface area contributed by atoms with Gasteiger partial charge in [-0.2, -0.15) is 0 Å². The van der Waals surface area contributed by atoms with Gasteiger partial charge in [0.25, 0.3) is 0 Å². The molecular formula is C75H85N6O3S+. The minimum Gasteiger partial charge on any atom is -0.744 e. The summed E-state index contributed by atoms with van der Waals surface area (Å²) in [6.45, 7) is 30.4. The molecule has 0 saturated carbocycles. The highest BCUT2D eigenvalue weighted by molar-refractivity contribution is 7.85. The number of nitrogens with one attached hydrogen (secondary N) is 3. The highest BCUT2D eigenvalue weighted by atomic mass is 32.2. The molecule has 0 spiro atoms. The molecule has 0 atom stereocenters. The summed E-state index contributed by atoms with van der Waals surface area (Å²) in [7, 11) is -4.35. The van der Waals surface area contributed by atoms with Gasteiger partial charge >= 0.3 is 0 Å². The molecule has 85 heavy (non-hydrogen) atoms. The van der Waals surface area contributed by atoms with Gasteiger partial charge in [-0.15, -0.1) is 0 Å². The van der Waals surface area contributed by atoms with Gasteiger partial charge < -0.3 is 24.6 Å². The van der Waals surface area contributed by atoms with E-state index in [0.717, 1.165) is 80.9 Å². The molecule has 8 aromatic carbocycles. The van der Waals surface area contributed by atoms with Crippen molar-refractivity contribution in [2.45, 2.75) is 74.1 Å². The maximum Gasteiger partial charge on any atom is 0.206 e. The first-order chi connectivity index (χ1) is 41.3. The Hall–Kier alpha value is -8.57. The highest BCUT2D eigenvalue weighted by Gasteiger charge is 2.25. The standard InChI is InChI=1S/C33H39N3.C31H35N3.C11H10O3S/c1-6-34-32-24-23-31(29-13-11-12-14-30(29)32)33(25-15-19-27(20-16-25)35(7-2)8-3)26-17-21-28(22-18-26)36(9-4)10-5;1-5-32-25-17-13-23(14-18-25)31(24-15-19-26(20-16-24)34(7-3)8-4)29-21-22-30(33-6-2)28-12-10-9-11-27(28)29;1-8-2-3-10-7-11(15(12,13)14)5-4-9(10)6-8/h11-24H,6-10H2,1-5H3;9-22,32H,5-8H2,1-4H3;2-7H,1H3,(H,12,13,14)/p+1. The molecule has 10 rings (SSSR count). The lowest BCUT2D eigenvalue weighted by molar-refractivity contribution is -0.451. The lowest BCUT2D eigenvalue weighted by Crippen LogP contribution is -2.72. The van der Waals surface area contributed by atoms with Gasteiger partial charge in [-0.05, 0) is 221 Å². The van der Waals surface area contributed by atoms with Gasteiger partial charge in [-0.1, -0.05) is 115 Å². The third kappa shape index (κ3) is 15.0. The first kappa shape index (κ1) is 62.5. The van der Waals surface area contributed by atoms with Crippen LogP contribution >= 0.6 is 0 Å². The van der Waals surface area contributed by atoms with E-state index in [2.05, 4.69) is 262 Å². The van der Waals surface area contributed by atoms with Crippen molar-refractivity contribution in [2.75, 3.05) is 78.9 Å². The number of benzene rings is 8. The topological polar surface area (TPSA) is 107 Å². The second kappa shape index (κ2) is 29.8.